The van der Waals surface area contributed by atoms with E-state index in [1.807, 2.05) is 0 Å². The molecule has 38 heavy (non-hydrogen) atoms. The van der Waals surface area contributed by atoms with Crippen molar-refractivity contribution in [3.05, 3.63) is 59.5 Å². The molecule has 1 heterocycles. The summed E-state index contributed by atoms with van der Waals surface area (Å²) in [6.45, 7) is 1.53. The lowest BCUT2D eigenvalue weighted by atomic mass is 9.85. The maximum atomic E-state index is 13.9. The van der Waals surface area contributed by atoms with Crippen molar-refractivity contribution in [2.45, 2.75) is 31.1 Å². The average molecular weight is 547 g/mol. The van der Waals surface area contributed by atoms with Crippen molar-refractivity contribution in [2.75, 3.05) is 25.6 Å². The molecule has 1 amide bonds. The van der Waals surface area contributed by atoms with Crippen LogP contribution in [-0.4, -0.2) is 55.4 Å². The minimum absolute atomic E-state index is 0.0274. The van der Waals surface area contributed by atoms with Crippen molar-refractivity contribution < 1.29 is 37.0 Å². The van der Waals surface area contributed by atoms with Gasteiger partial charge in [-0.1, -0.05) is 12.5 Å². The number of ether oxygens (including phenoxy) is 2. The first-order valence-electron chi connectivity index (χ1n) is 11.8. The molecule has 0 radical (unpaired) electrons. The minimum atomic E-state index is -4.17. The van der Waals surface area contributed by atoms with Crippen molar-refractivity contribution in [1.82, 2.24) is 14.5 Å². The van der Waals surface area contributed by atoms with Crippen LogP contribution in [0.5, 0.6) is 11.6 Å². The zero-order chi connectivity index (χ0) is 27.4. The van der Waals surface area contributed by atoms with Gasteiger partial charge in [0.05, 0.1) is 12.3 Å². The molecule has 0 atom stereocenters. The average Bonchev–Trinajstić information content (AvgIpc) is 3.15. The molecule has 1 aromatic heterocycles. The molecule has 0 bridgehead atoms. The van der Waals surface area contributed by atoms with E-state index in [0.717, 1.165) is 30.0 Å². The van der Waals surface area contributed by atoms with Crippen LogP contribution in [-0.2, 0) is 19.6 Å². The monoisotopic (exact) mass is 546 g/mol. The first-order valence-corrected chi connectivity index (χ1v) is 13.3. The lowest BCUT2D eigenvalue weighted by Gasteiger charge is -2.24. The number of carboxylic acids is 1. The molecule has 3 aromatic rings. The van der Waals surface area contributed by atoms with Gasteiger partial charge in [-0.25, -0.2) is 22.3 Å². The van der Waals surface area contributed by atoms with Gasteiger partial charge in [0.15, 0.2) is 5.69 Å². The molecule has 3 N–H and O–H groups in total. The number of nitrogens with one attached hydrogen (secondary N) is 2. The van der Waals surface area contributed by atoms with Crippen LogP contribution in [0.15, 0.2) is 47.4 Å². The number of carbonyl (C=O) groups excluding carboxylic acids is 1. The summed E-state index contributed by atoms with van der Waals surface area (Å²) in [7, 11) is -2.75. The highest BCUT2D eigenvalue weighted by atomic mass is 32.2. The topological polar surface area (TPSA) is 149 Å². The van der Waals surface area contributed by atoms with E-state index in [4.69, 9.17) is 9.47 Å². The van der Waals surface area contributed by atoms with Gasteiger partial charge < -0.3 is 19.9 Å². The third-order valence-corrected chi connectivity index (χ3v) is 7.59. The Labute approximate surface area is 218 Å². The smallest absolute Gasteiger partial charge is 0.356 e. The van der Waals surface area contributed by atoms with E-state index < -0.39 is 21.8 Å². The molecule has 1 aliphatic rings. The van der Waals surface area contributed by atoms with Crippen LogP contribution >= 0.6 is 0 Å². The largest absolute Gasteiger partial charge is 0.476 e. The van der Waals surface area contributed by atoms with E-state index in [9.17, 15) is 27.5 Å². The van der Waals surface area contributed by atoms with Crippen molar-refractivity contribution in [2.24, 2.45) is 5.92 Å². The Morgan fingerprint density at radius 1 is 1.21 bits per heavy atom. The summed E-state index contributed by atoms with van der Waals surface area (Å²) in [5.41, 5.74) is 0.168. The molecule has 1 fully saturated rings. The molecule has 2 aromatic carbocycles. The third kappa shape index (κ3) is 5.85. The first kappa shape index (κ1) is 27.2. The molecule has 0 spiro atoms. The van der Waals surface area contributed by atoms with Gasteiger partial charge in [0.2, 0.25) is 21.8 Å². The van der Waals surface area contributed by atoms with Crippen molar-refractivity contribution >= 4 is 27.6 Å². The highest BCUT2D eigenvalue weighted by molar-refractivity contribution is 7.89. The Balaban J connectivity index is 1.78. The Bertz CT molecular complexity index is 1470. The Morgan fingerprint density at radius 2 is 1.97 bits per heavy atom. The number of carbonyl (C=O) groups is 2. The van der Waals surface area contributed by atoms with Crippen LogP contribution in [0.1, 0.15) is 35.3 Å². The predicted molar refractivity (Wildman–Crippen MR) is 135 cm³/mol. The summed E-state index contributed by atoms with van der Waals surface area (Å²) in [5.74, 6) is -2.53. The number of amides is 1. The Hall–Kier alpha value is -3.81. The number of benzene rings is 2. The van der Waals surface area contributed by atoms with Gasteiger partial charge in [0.25, 0.3) is 0 Å². The first-order chi connectivity index (χ1) is 18.1. The molecule has 13 heteroatoms. The number of aromatic nitrogens is 2. The summed E-state index contributed by atoms with van der Waals surface area (Å²) in [5, 5.41) is 16.4. The number of aromatic carboxylic acids is 1. The fourth-order valence-electron chi connectivity index (χ4n) is 3.84. The minimum Gasteiger partial charge on any atom is -0.476 e. The van der Waals surface area contributed by atoms with E-state index in [-0.39, 0.29) is 64.1 Å². The van der Waals surface area contributed by atoms with Gasteiger partial charge in [0.1, 0.15) is 16.5 Å². The van der Waals surface area contributed by atoms with Crippen LogP contribution in [0.2, 0.25) is 0 Å². The maximum absolute atomic E-state index is 13.9. The lowest BCUT2D eigenvalue weighted by Crippen LogP contribution is -2.29. The highest BCUT2D eigenvalue weighted by Crippen LogP contribution is 2.36. The number of hydrogen-bond acceptors (Lipinski definition) is 7. The van der Waals surface area contributed by atoms with Crippen molar-refractivity contribution in [3.63, 3.8) is 0 Å². The standard InChI is InChI=1S/C25H27FN4O7S/c1-15-22(25(32)33)29-30(19-8-4-7-17(26)13-19)24(15)37-20-10-9-18(28-23(31)16-5-3-6-16)14-21(20)38(34,35)27-11-12-36-2/h4,7-10,13-14,16,27H,3,5-6,11-12H2,1-2H3,(H,28,31)(H,32,33). The number of halogens is 1. The highest BCUT2D eigenvalue weighted by Gasteiger charge is 2.28. The van der Waals surface area contributed by atoms with Crippen LogP contribution in [0.4, 0.5) is 10.1 Å². The summed E-state index contributed by atoms with van der Waals surface area (Å²) in [6.07, 6.45) is 2.50. The second-order valence-electron chi connectivity index (χ2n) is 8.75. The van der Waals surface area contributed by atoms with Crippen LogP contribution in [0, 0.1) is 18.7 Å². The number of nitrogens with zero attached hydrogens (tertiary/aromatic N) is 2. The van der Waals surface area contributed by atoms with E-state index in [1.165, 1.54) is 50.4 Å². The fraction of sp³-hybridized carbons (Fsp3) is 0.320. The van der Waals surface area contributed by atoms with E-state index in [0.29, 0.717) is 0 Å². The predicted octanol–water partition coefficient (Wildman–Crippen LogP) is 3.47. The molecule has 1 saturated carbocycles. The molecular weight excluding hydrogens is 519 g/mol. The molecule has 4 rings (SSSR count). The van der Waals surface area contributed by atoms with Gasteiger partial charge >= 0.3 is 5.97 Å². The number of carboxylic acid groups (broad SMARTS) is 1. The summed E-state index contributed by atoms with van der Waals surface area (Å²) in [6, 6.07) is 9.36. The second kappa shape index (κ2) is 11.3. The van der Waals surface area contributed by atoms with Crippen molar-refractivity contribution in [1.29, 1.82) is 0 Å². The van der Waals surface area contributed by atoms with Gasteiger partial charge in [0, 0.05) is 30.8 Å². The third-order valence-electron chi connectivity index (χ3n) is 6.11. The van der Waals surface area contributed by atoms with E-state index >= 15 is 0 Å². The number of methoxy groups -OCH3 is 1. The second-order valence-corrected chi connectivity index (χ2v) is 10.5. The van der Waals surface area contributed by atoms with E-state index in [1.54, 1.807) is 0 Å². The summed E-state index contributed by atoms with van der Waals surface area (Å²) >= 11 is 0. The zero-order valence-corrected chi connectivity index (χ0v) is 21.5. The fourth-order valence-corrected chi connectivity index (χ4v) is 5.01. The van der Waals surface area contributed by atoms with Gasteiger partial charge in [-0.05, 0) is 56.2 Å². The van der Waals surface area contributed by atoms with Gasteiger partial charge in [-0.2, -0.15) is 9.78 Å². The number of sulfonamides is 1. The molecule has 11 nitrogen and oxygen atoms in total. The number of rotatable bonds is 11. The van der Waals surface area contributed by atoms with Gasteiger partial charge in [-0.3, -0.25) is 4.79 Å². The molecule has 1 aliphatic carbocycles. The maximum Gasteiger partial charge on any atom is 0.356 e. The van der Waals surface area contributed by atoms with E-state index in [2.05, 4.69) is 15.1 Å². The number of anilines is 1. The Kier molecular flexibility index (Phi) is 8.09. The zero-order valence-electron chi connectivity index (χ0n) is 20.7. The van der Waals surface area contributed by atoms with Crippen LogP contribution in [0.3, 0.4) is 0 Å². The number of hydrogen-bond donors (Lipinski definition) is 3. The lowest BCUT2D eigenvalue weighted by molar-refractivity contribution is -0.122. The van der Waals surface area contributed by atoms with Crippen molar-refractivity contribution in [3.8, 4) is 17.3 Å². The molecular formula is C25H27FN4O7S. The SMILES string of the molecule is COCCNS(=O)(=O)c1cc(NC(=O)C2CCC2)ccc1Oc1c(C)c(C(=O)O)nn1-c1cccc(F)c1. The quantitative estimate of drug-likeness (QED) is 0.310. The molecule has 202 valence electrons. The molecule has 0 saturated heterocycles. The van der Waals surface area contributed by atoms with Crippen LogP contribution in [0.25, 0.3) is 5.69 Å². The molecule has 0 aliphatic heterocycles. The molecule has 0 unspecified atom stereocenters. The van der Waals surface area contributed by atoms with Crippen LogP contribution < -0.4 is 14.8 Å². The summed E-state index contributed by atoms with van der Waals surface area (Å²) in [4.78, 5) is 23.9. The Morgan fingerprint density at radius 3 is 2.61 bits per heavy atom. The summed E-state index contributed by atoms with van der Waals surface area (Å²) < 4.78 is 54.8. The normalized spacial score (nSPS) is 13.7. The van der Waals surface area contributed by atoms with Gasteiger partial charge in [-0.15, -0.1) is 0 Å².